The number of ether oxygens (including phenoxy) is 1. The third-order valence-electron chi connectivity index (χ3n) is 3.15. The maximum atomic E-state index is 9.68. The van der Waals surface area contributed by atoms with Crippen molar-refractivity contribution in [3.05, 3.63) is 28.8 Å². The third-order valence-corrected chi connectivity index (χ3v) is 3.39. The fraction of sp³-hybridized carbons (Fsp3) is 0.600. The van der Waals surface area contributed by atoms with E-state index in [2.05, 4.69) is 5.32 Å². The van der Waals surface area contributed by atoms with Crippen LogP contribution in [-0.2, 0) is 6.54 Å². The van der Waals surface area contributed by atoms with Crippen LogP contribution in [-0.4, -0.2) is 23.4 Å². The molecule has 1 aliphatic rings. The summed E-state index contributed by atoms with van der Waals surface area (Å²) in [6, 6.07) is 6.33. The van der Waals surface area contributed by atoms with Crippen LogP contribution in [0.5, 0.6) is 5.75 Å². The summed E-state index contributed by atoms with van der Waals surface area (Å²) in [7, 11) is 0. The fourth-order valence-corrected chi connectivity index (χ4v) is 1.97. The van der Waals surface area contributed by atoms with Crippen LogP contribution >= 0.6 is 11.6 Å². The summed E-state index contributed by atoms with van der Waals surface area (Å²) in [5, 5.41) is 13.9. The van der Waals surface area contributed by atoms with Crippen molar-refractivity contribution in [1.29, 1.82) is 0 Å². The molecule has 1 fully saturated rings. The molecule has 0 spiro atoms. The molecular weight excluding hydrogens is 262 g/mol. The monoisotopic (exact) mass is 283 g/mol. The largest absolute Gasteiger partial charge is 0.493 e. The van der Waals surface area contributed by atoms with Gasteiger partial charge in [-0.2, -0.15) is 0 Å². The molecule has 1 aromatic carbocycles. The number of hydrogen-bond acceptors (Lipinski definition) is 3. The van der Waals surface area contributed by atoms with Crippen molar-refractivity contribution in [3.8, 4) is 5.75 Å². The van der Waals surface area contributed by atoms with Crippen molar-refractivity contribution in [2.24, 2.45) is 0 Å². The Morgan fingerprint density at radius 1 is 1.42 bits per heavy atom. The predicted octanol–water partition coefficient (Wildman–Crippen LogP) is 3.13. The van der Waals surface area contributed by atoms with Crippen LogP contribution in [0.25, 0.3) is 0 Å². The molecule has 0 amide bonds. The van der Waals surface area contributed by atoms with Gasteiger partial charge < -0.3 is 15.2 Å². The van der Waals surface area contributed by atoms with Crippen LogP contribution < -0.4 is 10.1 Å². The van der Waals surface area contributed by atoms with E-state index in [1.807, 2.05) is 18.2 Å². The predicted molar refractivity (Wildman–Crippen MR) is 77.7 cm³/mol. The maximum absolute atomic E-state index is 9.68. The van der Waals surface area contributed by atoms with E-state index in [4.69, 9.17) is 16.3 Å². The quantitative estimate of drug-likeness (QED) is 0.808. The van der Waals surface area contributed by atoms with Gasteiger partial charge in [0.05, 0.1) is 12.2 Å². The molecule has 19 heavy (non-hydrogen) atoms. The number of nitrogens with one attached hydrogen (secondary N) is 1. The van der Waals surface area contributed by atoms with Gasteiger partial charge in [0.1, 0.15) is 5.75 Å². The second kappa shape index (κ2) is 6.12. The Bertz CT molecular complexity index is 425. The van der Waals surface area contributed by atoms with Gasteiger partial charge in [0.15, 0.2) is 0 Å². The number of rotatable bonds is 7. The van der Waals surface area contributed by atoms with Gasteiger partial charge in [-0.1, -0.05) is 11.6 Å². The van der Waals surface area contributed by atoms with E-state index in [1.54, 1.807) is 13.8 Å². The molecule has 0 heterocycles. The standard InChI is InChI=1S/C15H22ClNO2/c1-15(2,18)7-8-19-14-6-3-12(16)9-11(14)10-17-13-4-5-13/h3,6,9,13,17-18H,4-5,7-8,10H2,1-2H3. The molecule has 0 aliphatic heterocycles. The van der Waals surface area contributed by atoms with Gasteiger partial charge in [0, 0.05) is 29.6 Å². The third kappa shape index (κ3) is 5.39. The van der Waals surface area contributed by atoms with E-state index >= 15 is 0 Å². The zero-order valence-corrected chi connectivity index (χ0v) is 12.3. The van der Waals surface area contributed by atoms with E-state index in [1.165, 1.54) is 12.8 Å². The zero-order chi connectivity index (χ0) is 13.9. The van der Waals surface area contributed by atoms with Gasteiger partial charge in [-0.25, -0.2) is 0 Å². The average Bonchev–Trinajstić information content (AvgIpc) is 3.11. The molecule has 0 saturated heterocycles. The van der Waals surface area contributed by atoms with Crippen LogP contribution in [0.1, 0.15) is 38.7 Å². The Hall–Kier alpha value is -0.770. The van der Waals surface area contributed by atoms with Gasteiger partial charge in [0.2, 0.25) is 0 Å². The SMILES string of the molecule is CC(C)(O)CCOc1ccc(Cl)cc1CNC1CC1. The number of aliphatic hydroxyl groups is 1. The summed E-state index contributed by atoms with van der Waals surface area (Å²) in [6.45, 7) is 4.85. The van der Waals surface area contributed by atoms with Crippen LogP contribution in [0, 0.1) is 0 Å². The highest BCUT2D eigenvalue weighted by atomic mass is 35.5. The minimum Gasteiger partial charge on any atom is -0.493 e. The molecule has 3 nitrogen and oxygen atoms in total. The molecule has 0 unspecified atom stereocenters. The second-order valence-electron chi connectivity index (χ2n) is 5.82. The second-order valence-corrected chi connectivity index (χ2v) is 6.25. The first-order valence-corrected chi connectivity index (χ1v) is 7.19. The lowest BCUT2D eigenvalue weighted by Crippen LogP contribution is -2.22. The first-order valence-electron chi connectivity index (χ1n) is 6.81. The van der Waals surface area contributed by atoms with E-state index in [-0.39, 0.29) is 0 Å². The number of hydrogen-bond donors (Lipinski definition) is 2. The number of benzene rings is 1. The summed E-state index contributed by atoms with van der Waals surface area (Å²) in [5.74, 6) is 0.849. The zero-order valence-electron chi connectivity index (χ0n) is 11.6. The Morgan fingerprint density at radius 3 is 2.79 bits per heavy atom. The molecule has 0 atom stereocenters. The molecule has 2 N–H and O–H groups in total. The highest BCUT2D eigenvalue weighted by Crippen LogP contribution is 2.25. The normalized spacial score (nSPS) is 15.6. The van der Waals surface area contributed by atoms with E-state index in [0.29, 0.717) is 19.1 Å². The molecule has 2 rings (SSSR count). The van der Waals surface area contributed by atoms with E-state index < -0.39 is 5.60 Å². The van der Waals surface area contributed by atoms with Crippen LogP contribution in [0.3, 0.4) is 0 Å². The van der Waals surface area contributed by atoms with Gasteiger partial charge in [-0.15, -0.1) is 0 Å². The average molecular weight is 284 g/mol. The highest BCUT2D eigenvalue weighted by molar-refractivity contribution is 6.30. The first kappa shape index (κ1) is 14.6. The Labute approximate surface area is 119 Å². The van der Waals surface area contributed by atoms with Crippen LogP contribution in [0.2, 0.25) is 5.02 Å². The summed E-state index contributed by atoms with van der Waals surface area (Å²) >= 11 is 6.03. The maximum Gasteiger partial charge on any atom is 0.123 e. The molecule has 0 bridgehead atoms. The number of halogens is 1. The minimum absolute atomic E-state index is 0.502. The fourth-order valence-electron chi connectivity index (χ4n) is 1.78. The molecule has 4 heteroatoms. The van der Waals surface area contributed by atoms with Crippen molar-refractivity contribution < 1.29 is 9.84 Å². The Balaban J connectivity index is 1.93. The van der Waals surface area contributed by atoms with Crippen LogP contribution in [0.15, 0.2) is 18.2 Å². The first-order chi connectivity index (χ1) is 8.94. The van der Waals surface area contributed by atoms with Gasteiger partial charge in [-0.05, 0) is 44.9 Å². The van der Waals surface area contributed by atoms with Crippen molar-refractivity contribution in [1.82, 2.24) is 5.32 Å². The van der Waals surface area contributed by atoms with Crippen LogP contribution in [0.4, 0.5) is 0 Å². The van der Waals surface area contributed by atoms with Gasteiger partial charge in [0.25, 0.3) is 0 Å². The lowest BCUT2D eigenvalue weighted by molar-refractivity contribution is 0.0552. The smallest absolute Gasteiger partial charge is 0.123 e. The summed E-state index contributed by atoms with van der Waals surface area (Å²) < 4.78 is 5.76. The summed E-state index contributed by atoms with van der Waals surface area (Å²) in [4.78, 5) is 0. The molecule has 0 aromatic heterocycles. The Kier molecular flexibility index (Phi) is 4.71. The molecule has 1 aliphatic carbocycles. The molecule has 0 radical (unpaired) electrons. The Morgan fingerprint density at radius 2 is 2.16 bits per heavy atom. The molecule has 1 aromatic rings. The lowest BCUT2D eigenvalue weighted by Gasteiger charge is -2.18. The summed E-state index contributed by atoms with van der Waals surface area (Å²) in [5.41, 5.74) is 0.383. The highest BCUT2D eigenvalue weighted by Gasteiger charge is 2.21. The molecule has 106 valence electrons. The van der Waals surface area contributed by atoms with Crippen molar-refractivity contribution in [2.45, 2.75) is 51.3 Å². The van der Waals surface area contributed by atoms with Gasteiger partial charge >= 0.3 is 0 Å². The molecular formula is C15H22ClNO2. The molecule has 1 saturated carbocycles. The van der Waals surface area contributed by atoms with Crippen molar-refractivity contribution in [3.63, 3.8) is 0 Å². The summed E-state index contributed by atoms with van der Waals surface area (Å²) in [6.07, 6.45) is 3.12. The van der Waals surface area contributed by atoms with E-state index in [0.717, 1.165) is 22.9 Å². The van der Waals surface area contributed by atoms with Crippen molar-refractivity contribution >= 4 is 11.6 Å². The van der Waals surface area contributed by atoms with Crippen molar-refractivity contribution in [2.75, 3.05) is 6.61 Å². The lowest BCUT2D eigenvalue weighted by atomic mass is 10.1. The van der Waals surface area contributed by atoms with E-state index in [9.17, 15) is 5.11 Å². The van der Waals surface area contributed by atoms with Gasteiger partial charge in [-0.3, -0.25) is 0 Å². The topological polar surface area (TPSA) is 41.5 Å². The minimum atomic E-state index is -0.696.